The van der Waals surface area contributed by atoms with Crippen molar-refractivity contribution < 1.29 is 19.1 Å². The Bertz CT molecular complexity index is 1030. The van der Waals surface area contributed by atoms with Crippen molar-refractivity contribution in [2.45, 2.75) is 51.6 Å². The summed E-state index contributed by atoms with van der Waals surface area (Å²) in [6.07, 6.45) is 4.10. The quantitative estimate of drug-likeness (QED) is 0.331. The topological polar surface area (TPSA) is 109 Å². The average molecular weight is 561 g/mol. The number of piperidine rings is 2. The molecule has 0 unspecified atom stereocenters. The lowest BCUT2D eigenvalue weighted by Gasteiger charge is -2.31. The van der Waals surface area contributed by atoms with Crippen LogP contribution in [0.4, 0.5) is 10.3 Å². The van der Waals surface area contributed by atoms with Gasteiger partial charge in [0.15, 0.2) is 21.7 Å². The van der Waals surface area contributed by atoms with Crippen LogP contribution in [0.3, 0.4) is 0 Å². The highest BCUT2D eigenvalue weighted by atomic mass is 32.1. The van der Waals surface area contributed by atoms with Crippen molar-refractivity contribution in [2.24, 2.45) is 0 Å². The minimum absolute atomic E-state index is 0.353. The average Bonchev–Trinajstić information content (AvgIpc) is 3.59. The lowest BCUT2D eigenvalue weighted by atomic mass is 10.1. The maximum Gasteiger partial charge on any atom is 0.357 e. The molecule has 2 N–H and O–H groups in total. The summed E-state index contributed by atoms with van der Waals surface area (Å²) in [4.78, 5) is 37.1. The van der Waals surface area contributed by atoms with Crippen LogP contribution in [-0.2, 0) is 9.47 Å². The van der Waals surface area contributed by atoms with E-state index in [9.17, 15) is 9.59 Å². The Morgan fingerprint density at radius 1 is 0.816 bits per heavy atom. The Morgan fingerprint density at radius 2 is 1.21 bits per heavy atom. The Morgan fingerprint density at radius 3 is 1.58 bits per heavy atom. The number of likely N-dealkylation sites (tertiary alicyclic amines) is 2. The first kappa shape index (κ1) is 28.3. The van der Waals surface area contributed by atoms with Crippen LogP contribution in [0.25, 0.3) is 0 Å². The van der Waals surface area contributed by atoms with Crippen LogP contribution in [0.15, 0.2) is 10.8 Å². The van der Waals surface area contributed by atoms with Gasteiger partial charge in [-0.25, -0.2) is 19.6 Å². The van der Waals surface area contributed by atoms with E-state index in [1.165, 1.54) is 22.7 Å². The molecule has 4 rings (SSSR count). The third-order valence-electron chi connectivity index (χ3n) is 6.54. The van der Waals surface area contributed by atoms with E-state index in [4.69, 9.17) is 9.47 Å². The number of carbonyl (C=O) groups excluding carboxylic acids is 2. The monoisotopic (exact) mass is 560 g/mol. The molecule has 0 amide bonds. The van der Waals surface area contributed by atoms with E-state index in [1.807, 2.05) is 0 Å². The Kier molecular flexibility index (Phi) is 10.7. The Hall–Kier alpha value is -2.72. The fourth-order valence-corrected chi connectivity index (χ4v) is 5.95. The highest BCUT2D eigenvalue weighted by molar-refractivity contribution is 7.14. The molecule has 0 saturated carbocycles. The molecule has 0 aromatic carbocycles. The van der Waals surface area contributed by atoms with Crippen LogP contribution in [-0.4, -0.2) is 96.3 Å². The van der Waals surface area contributed by atoms with E-state index in [2.05, 4.69) is 42.2 Å². The van der Waals surface area contributed by atoms with Gasteiger partial charge in [-0.3, -0.25) is 9.80 Å². The van der Waals surface area contributed by atoms with Gasteiger partial charge in [0.05, 0.1) is 26.3 Å². The summed E-state index contributed by atoms with van der Waals surface area (Å²) < 4.78 is 10.0. The molecule has 0 aliphatic carbocycles. The highest BCUT2D eigenvalue weighted by Crippen LogP contribution is 2.22. The van der Waals surface area contributed by atoms with Gasteiger partial charge in [0.25, 0.3) is 0 Å². The SMILES string of the molecule is CCOC(=O)c1csc(NC2CCN(CC#CCN3CCC(Nc4nc(C(=O)OCC)cs4)CC3)CC2)n1. The third kappa shape index (κ3) is 8.39. The largest absolute Gasteiger partial charge is 0.461 e. The zero-order valence-electron chi connectivity index (χ0n) is 22.0. The van der Waals surface area contributed by atoms with Crippen LogP contribution >= 0.6 is 22.7 Å². The molecule has 12 heteroatoms. The molecular formula is C26H36N6O4S2. The molecule has 2 aliphatic rings. The second kappa shape index (κ2) is 14.4. The first-order chi connectivity index (χ1) is 18.5. The van der Waals surface area contributed by atoms with Gasteiger partial charge < -0.3 is 20.1 Å². The normalized spacial score (nSPS) is 17.4. The molecule has 2 aliphatic heterocycles. The minimum Gasteiger partial charge on any atom is -0.461 e. The number of nitrogens with zero attached hydrogens (tertiary/aromatic N) is 4. The number of ether oxygens (including phenoxy) is 2. The lowest BCUT2D eigenvalue weighted by molar-refractivity contribution is 0.0511. The van der Waals surface area contributed by atoms with Gasteiger partial charge in [0.1, 0.15) is 0 Å². The summed E-state index contributed by atoms with van der Waals surface area (Å²) in [5.74, 6) is 5.97. The summed E-state index contributed by atoms with van der Waals surface area (Å²) in [7, 11) is 0. The standard InChI is InChI=1S/C26H36N6O4S2/c1-3-35-23(33)21-17-37-25(29-21)27-19-7-13-31(14-8-19)11-5-6-12-32-15-9-20(10-16-32)28-26-30-22(18-38-26)24(34)36-4-2/h17-20H,3-4,7-16H2,1-2H3,(H,27,29)(H,28,30). The molecule has 2 saturated heterocycles. The first-order valence-electron chi connectivity index (χ1n) is 13.2. The van der Waals surface area contributed by atoms with Crippen molar-refractivity contribution >= 4 is 44.9 Å². The van der Waals surface area contributed by atoms with E-state index in [1.54, 1.807) is 24.6 Å². The van der Waals surface area contributed by atoms with Gasteiger partial charge in [-0.05, 0) is 39.5 Å². The molecule has 206 valence electrons. The van der Waals surface area contributed by atoms with Gasteiger partial charge in [0, 0.05) is 49.0 Å². The molecule has 0 atom stereocenters. The number of anilines is 2. The molecular weight excluding hydrogens is 524 g/mol. The predicted octanol–water partition coefficient (Wildman–Crippen LogP) is 3.41. The van der Waals surface area contributed by atoms with Gasteiger partial charge in [-0.2, -0.15) is 0 Å². The summed E-state index contributed by atoms with van der Waals surface area (Å²) >= 11 is 2.89. The molecule has 2 aromatic heterocycles. The van der Waals surface area contributed by atoms with Gasteiger partial charge in [-0.1, -0.05) is 11.8 Å². The van der Waals surface area contributed by atoms with Crippen molar-refractivity contribution in [3.8, 4) is 11.8 Å². The van der Waals surface area contributed by atoms with E-state index in [-0.39, 0.29) is 11.9 Å². The lowest BCUT2D eigenvalue weighted by Crippen LogP contribution is -2.40. The fourth-order valence-electron chi connectivity index (χ4n) is 4.43. The number of rotatable bonds is 10. The van der Waals surface area contributed by atoms with E-state index >= 15 is 0 Å². The zero-order chi connectivity index (χ0) is 26.7. The zero-order valence-corrected chi connectivity index (χ0v) is 23.7. The second-order valence-electron chi connectivity index (χ2n) is 9.26. The molecule has 2 aromatic rings. The van der Waals surface area contributed by atoms with Crippen molar-refractivity contribution in [1.29, 1.82) is 0 Å². The molecule has 10 nitrogen and oxygen atoms in total. The predicted molar refractivity (Wildman–Crippen MR) is 150 cm³/mol. The summed E-state index contributed by atoms with van der Waals surface area (Å²) in [6.45, 7) is 9.85. The number of carbonyl (C=O) groups is 2. The molecule has 2 fully saturated rings. The maximum absolute atomic E-state index is 11.8. The third-order valence-corrected chi connectivity index (χ3v) is 8.09. The highest BCUT2D eigenvalue weighted by Gasteiger charge is 2.22. The summed E-state index contributed by atoms with van der Waals surface area (Å²) in [5, 5.41) is 12.0. The van der Waals surface area contributed by atoms with Gasteiger partial charge >= 0.3 is 11.9 Å². The number of thiazole rings is 2. The van der Waals surface area contributed by atoms with E-state index in [0.717, 1.165) is 75.2 Å². The van der Waals surface area contributed by atoms with E-state index < -0.39 is 0 Å². The Balaban J connectivity index is 1.09. The second-order valence-corrected chi connectivity index (χ2v) is 11.0. The molecule has 0 spiro atoms. The number of aromatic nitrogens is 2. The van der Waals surface area contributed by atoms with Crippen molar-refractivity contribution in [3.63, 3.8) is 0 Å². The summed E-state index contributed by atoms with van der Waals surface area (Å²) in [5.41, 5.74) is 0.744. The van der Waals surface area contributed by atoms with Crippen LogP contribution in [0, 0.1) is 11.8 Å². The van der Waals surface area contributed by atoms with Crippen LogP contribution in [0.1, 0.15) is 60.5 Å². The molecule has 0 radical (unpaired) electrons. The van der Waals surface area contributed by atoms with Crippen molar-refractivity contribution in [3.05, 3.63) is 22.1 Å². The molecule has 38 heavy (non-hydrogen) atoms. The number of nitrogens with one attached hydrogen (secondary N) is 2. The first-order valence-corrected chi connectivity index (χ1v) is 15.0. The number of esters is 2. The summed E-state index contributed by atoms with van der Waals surface area (Å²) in [6, 6.07) is 0.716. The smallest absolute Gasteiger partial charge is 0.357 e. The molecule has 4 heterocycles. The van der Waals surface area contributed by atoms with Crippen molar-refractivity contribution in [2.75, 3.05) is 63.1 Å². The van der Waals surface area contributed by atoms with Gasteiger partial charge in [0.2, 0.25) is 0 Å². The van der Waals surface area contributed by atoms with Crippen LogP contribution < -0.4 is 10.6 Å². The van der Waals surface area contributed by atoms with Crippen molar-refractivity contribution in [1.82, 2.24) is 19.8 Å². The van der Waals surface area contributed by atoms with Crippen LogP contribution in [0.2, 0.25) is 0 Å². The number of hydrogen-bond acceptors (Lipinski definition) is 12. The van der Waals surface area contributed by atoms with E-state index in [0.29, 0.717) is 36.7 Å². The molecule has 0 bridgehead atoms. The minimum atomic E-state index is -0.368. The van der Waals surface area contributed by atoms with Gasteiger partial charge in [-0.15, -0.1) is 22.7 Å². The maximum atomic E-state index is 11.8. The fraction of sp³-hybridized carbons (Fsp3) is 0.615. The Labute approximate surface area is 232 Å². The number of hydrogen-bond donors (Lipinski definition) is 2. The van der Waals surface area contributed by atoms with Crippen LogP contribution in [0.5, 0.6) is 0 Å².